The molecule has 3 rings (SSSR count). The average Bonchev–Trinajstić information content (AvgIpc) is 2.83. The molecule has 178 valence electrons. The van der Waals surface area contributed by atoms with Crippen molar-refractivity contribution in [1.82, 2.24) is 15.4 Å². The maximum Gasteiger partial charge on any atom is 0.248 e. The third-order valence-corrected chi connectivity index (χ3v) is 5.10. The highest BCUT2D eigenvalue weighted by Crippen LogP contribution is 2.33. The number of unbranched alkanes of at least 4 members (excludes halogenated alkanes) is 2. The van der Waals surface area contributed by atoms with Crippen molar-refractivity contribution in [2.75, 3.05) is 17.7 Å². The van der Waals surface area contributed by atoms with Crippen LogP contribution in [0.25, 0.3) is 10.9 Å². The van der Waals surface area contributed by atoms with Gasteiger partial charge in [-0.1, -0.05) is 17.7 Å². The summed E-state index contributed by atoms with van der Waals surface area (Å²) in [5, 5.41) is 14.9. The summed E-state index contributed by atoms with van der Waals surface area (Å²) in [5.74, 6) is -0.474. The summed E-state index contributed by atoms with van der Waals surface area (Å²) in [6, 6.07) is 7.57. The monoisotopic (exact) mass is 487 g/mol. The van der Waals surface area contributed by atoms with Crippen LogP contribution in [0, 0.1) is 5.82 Å². The molecule has 0 saturated carbocycles. The zero-order valence-electron chi connectivity index (χ0n) is 18.3. The first-order valence-electron chi connectivity index (χ1n) is 10.4. The molecule has 0 saturated heterocycles. The second-order valence-corrected chi connectivity index (χ2v) is 7.63. The third kappa shape index (κ3) is 6.63. The molecule has 2 amide bonds. The van der Waals surface area contributed by atoms with Crippen LogP contribution >= 0.6 is 11.6 Å². The minimum absolute atomic E-state index is 0.0265. The van der Waals surface area contributed by atoms with Gasteiger partial charge in [-0.05, 0) is 49.6 Å². The lowest BCUT2D eigenvalue weighted by molar-refractivity contribution is -0.129. The van der Waals surface area contributed by atoms with Crippen LogP contribution in [0.2, 0.25) is 5.02 Å². The largest absolute Gasteiger partial charge is 0.494 e. The van der Waals surface area contributed by atoms with Crippen molar-refractivity contribution in [2.24, 2.45) is 0 Å². The number of nitrogens with one attached hydrogen (secondary N) is 3. The topological polar surface area (TPSA) is 125 Å². The van der Waals surface area contributed by atoms with Gasteiger partial charge in [0.1, 0.15) is 23.7 Å². The molecular weight excluding hydrogens is 465 g/mol. The minimum Gasteiger partial charge on any atom is -0.494 e. The summed E-state index contributed by atoms with van der Waals surface area (Å²) in [6.45, 7) is 0. The van der Waals surface area contributed by atoms with Crippen LogP contribution in [-0.2, 0) is 9.59 Å². The molecule has 3 aromatic rings. The van der Waals surface area contributed by atoms with Gasteiger partial charge in [0.2, 0.25) is 11.8 Å². The Morgan fingerprint density at radius 3 is 2.76 bits per heavy atom. The molecule has 1 aromatic heterocycles. The molecule has 0 aliphatic heterocycles. The molecule has 0 atom stereocenters. The molecule has 2 aromatic carbocycles. The molecular formula is C23H23ClFN5O4. The van der Waals surface area contributed by atoms with Crippen molar-refractivity contribution in [1.29, 1.82) is 0 Å². The number of amides is 2. The van der Waals surface area contributed by atoms with E-state index in [1.165, 1.54) is 37.7 Å². The summed E-state index contributed by atoms with van der Waals surface area (Å²) in [7, 11) is 1.48. The predicted molar refractivity (Wildman–Crippen MR) is 127 cm³/mol. The fourth-order valence-electron chi connectivity index (χ4n) is 3.13. The van der Waals surface area contributed by atoms with Gasteiger partial charge >= 0.3 is 0 Å². The van der Waals surface area contributed by atoms with Crippen LogP contribution in [0.5, 0.6) is 5.75 Å². The Bertz CT molecular complexity index is 1220. The first kappa shape index (κ1) is 24.9. The Kier molecular flexibility index (Phi) is 8.72. The fraction of sp³-hybridized carbons (Fsp3) is 0.217. The maximum absolute atomic E-state index is 13.5. The standard InChI is InChI=1S/C23H23ClFN5O4/c1-34-20-12-18-15(23(27-13-26-18)28-14-8-9-17(25)16(24)10-14)11-19(20)29-21(31)6-4-2-3-5-7-22(32)30-33/h4,6,8-13,33H,2-3,5,7H2,1H3,(H,29,31)(H,30,32)(H,26,27,28)/b6-4+. The van der Waals surface area contributed by atoms with E-state index in [-0.39, 0.29) is 17.4 Å². The molecule has 0 bridgehead atoms. The van der Waals surface area contributed by atoms with Crippen LogP contribution in [0.3, 0.4) is 0 Å². The average molecular weight is 488 g/mol. The Morgan fingerprint density at radius 2 is 2.03 bits per heavy atom. The molecule has 0 spiro atoms. The highest BCUT2D eigenvalue weighted by atomic mass is 35.5. The zero-order chi connectivity index (χ0) is 24.5. The van der Waals surface area contributed by atoms with Gasteiger partial charge in [0.15, 0.2) is 0 Å². The number of ether oxygens (including phenoxy) is 1. The number of hydrogen-bond donors (Lipinski definition) is 4. The Hall–Kier alpha value is -3.76. The number of hydrogen-bond acceptors (Lipinski definition) is 7. The molecule has 0 fully saturated rings. The quantitative estimate of drug-likeness (QED) is 0.141. The van der Waals surface area contributed by atoms with Crippen molar-refractivity contribution in [3.63, 3.8) is 0 Å². The zero-order valence-corrected chi connectivity index (χ0v) is 19.0. The van der Waals surface area contributed by atoms with E-state index in [4.69, 9.17) is 21.5 Å². The van der Waals surface area contributed by atoms with Gasteiger partial charge in [0, 0.05) is 23.6 Å². The number of carbonyl (C=O) groups excluding carboxylic acids is 2. The van der Waals surface area contributed by atoms with E-state index in [1.54, 1.807) is 23.7 Å². The lowest BCUT2D eigenvalue weighted by atomic mass is 10.1. The van der Waals surface area contributed by atoms with E-state index in [9.17, 15) is 14.0 Å². The minimum atomic E-state index is -0.529. The van der Waals surface area contributed by atoms with Gasteiger partial charge in [0.25, 0.3) is 0 Å². The normalized spacial score (nSPS) is 10.9. The van der Waals surface area contributed by atoms with Crippen LogP contribution in [0.4, 0.5) is 21.6 Å². The lowest BCUT2D eigenvalue weighted by Crippen LogP contribution is -2.17. The van der Waals surface area contributed by atoms with Crippen molar-refractivity contribution < 1.29 is 23.9 Å². The van der Waals surface area contributed by atoms with Crippen LogP contribution < -0.4 is 20.9 Å². The highest BCUT2D eigenvalue weighted by Gasteiger charge is 2.13. The number of methoxy groups -OCH3 is 1. The summed E-state index contributed by atoms with van der Waals surface area (Å²) in [4.78, 5) is 31.9. The van der Waals surface area contributed by atoms with Gasteiger partial charge in [-0.2, -0.15) is 0 Å². The van der Waals surface area contributed by atoms with Gasteiger partial charge in [0.05, 0.1) is 23.3 Å². The Labute approximate surface area is 200 Å². The van der Waals surface area contributed by atoms with E-state index in [0.717, 1.165) is 0 Å². The van der Waals surface area contributed by atoms with Crippen molar-refractivity contribution in [3.8, 4) is 5.75 Å². The molecule has 0 unspecified atom stereocenters. The second kappa shape index (κ2) is 11.9. The first-order chi connectivity index (χ1) is 16.4. The van der Waals surface area contributed by atoms with E-state index in [1.807, 2.05) is 0 Å². The lowest BCUT2D eigenvalue weighted by Gasteiger charge is -2.13. The van der Waals surface area contributed by atoms with E-state index in [2.05, 4.69) is 20.6 Å². The number of anilines is 3. The van der Waals surface area contributed by atoms with Gasteiger partial charge in [-0.25, -0.2) is 19.8 Å². The molecule has 0 aliphatic rings. The SMILES string of the molecule is COc1cc2ncnc(Nc3ccc(F)c(Cl)c3)c2cc1NC(=O)/C=C/CCCCC(=O)NO. The molecule has 9 nitrogen and oxygen atoms in total. The molecule has 4 N–H and O–H groups in total. The number of rotatable bonds is 10. The van der Waals surface area contributed by atoms with E-state index >= 15 is 0 Å². The molecule has 0 aliphatic carbocycles. The van der Waals surface area contributed by atoms with Crippen molar-refractivity contribution >= 4 is 51.5 Å². The molecule has 11 heteroatoms. The van der Waals surface area contributed by atoms with E-state index in [0.29, 0.717) is 53.1 Å². The smallest absolute Gasteiger partial charge is 0.248 e. The number of aromatic nitrogens is 2. The first-order valence-corrected chi connectivity index (χ1v) is 10.7. The summed E-state index contributed by atoms with van der Waals surface area (Å²) in [5.41, 5.74) is 3.10. The number of allylic oxidation sites excluding steroid dienone is 1. The number of hydroxylamine groups is 1. The Balaban J connectivity index is 1.74. The van der Waals surface area contributed by atoms with Gasteiger partial charge in [-0.3, -0.25) is 14.8 Å². The molecule has 0 radical (unpaired) electrons. The van der Waals surface area contributed by atoms with Crippen LogP contribution in [0.1, 0.15) is 25.7 Å². The summed E-state index contributed by atoms with van der Waals surface area (Å²) < 4.78 is 18.9. The number of carbonyl (C=O) groups is 2. The Morgan fingerprint density at radius 1 is 1.21 bits per heavy atom. The number of benzene rings is 2. The van der Waals surface area contributed by atoms with E-state index < -0.39 is 11.7 Å². The summed E-state index contributed by atoms with van der Waals surface area (Å²) in [6.07, 6.45) is 6.57. The third-order valence-electron chi connectivity index (χ3n) is 4.82. The number of nitrogens with zero attached hydrogens (tertiary/aromatic N) is 2. The van der Waals surface area contributed by atoms with Crippen molar-refractivity contribution in [2.45, 2.75) is 25.7 Å². The number of fused-ring (bicyclic) bond motifs is 1. The van der Waals surface area contributed by atoms with Crippen LogP contribution in [0.15, 0.2) is 48.8 Å². The number of halogens is 2. The van der Waals surface area contributed by atoms with Gasteiger partial charge in [-0.15, -0.1) is 0 Å². The van der Waals surface area contributed by atoms with Crippen molar-refractivity contribution in [3.05, 3.63) is 59.7 Å². The highest BCUT2D eigenvalue weighted by molar-refractivity contribution is 6.31. The fourth-order valence-corrected chi connectivity index (χ4v) is 3.31. The molecule has 1 heterocycles. The van der Waals surface area contributed by atoms with Gasteiger partial charge < -0.3 is 15.4 Å². The molecule has 34 heavy (non-hydrogen) atoms. The second-order valence-electron chi connectivity index (χ2n) is 7.22. The predicted octanol–water partition coefficient (Wildman–Crippen LogP) is 4.74. The maximum atomic E-state index is 13.5. The van der Waals surface area contributed by atoms with Crippen LogP contribution in [-0.4, -0.2) is 34.1 Å². The summed E-state index contributed by atoms with van der Waals surface area (Å²) >= 11 is 5.86.